The summed E-state index contributed by atoms with van der Waals surface area (Å²) < 4.78 is 0. The molecule has 9 heteroatoms. The summed E-state index contributed by atoms with van der Waals surface area (Å²) in [5, 5.41) is 62.0. The molecule has 0 amide bonds. The van der Waals surface area contributed by atoms with Crippen LogP contribution in [0.15, 0.2) is 36.4 Å². The van der Waals surface area contributed by atoms with Crippen molar-refractivity contribution in [3.63, 3.8) is 0 Å². The van der Waals surface area contributed by atoms with Crippen molar-refractivity contribution in [1.29, 1.82) is 0 Å². The molecule has 0 fully saturated rings. The highest BCUT2D eigenvalue weighted by Gasteiger charge is 2.16. The van der Waals surface area contributed by atoms with Crippen LogP contribution in [-0.2, 0) is 14.4 Å². The van der Waals surface area contributed by atoms with Crippen LogP contribution in [0.4, 0.5) is 0 Å². The summed E-state index contributed by atoms with van der Waals surface area (Å²) in [6.07, 6.45) is 0. The molecule has 0 atom stereocenters. The molecule has 0 aliphatic rings. The first kappa shape index (κ1) is 29.5. The second-order valence-corrected chi connectivity index (χ2v) is 8.38. The third-order valence-corrected chi connectivity index (χ3v) is 4.21. The highest BCUT2D eigenvalue weighted by molar-refractivity contribution is 6.26. The van der Waals surface area contributed by atoms with Gasteiger partial charge < -0.3 is 45.0 Å². The number of aromatic hydroxyl groups is 6. The summed E-state index contributed by atoms with van der Waals surface area (Å²) in [7, 11) is 0. The molecule has 0 unspecified atom stereocenters. The van der Waals surface area contributed by atoms with Crippen molar-refractivity contribution < 1.29 is 45.0 Å². The Hall–Kier alpha value is -4.53. The molecule has 9 nitrogen and oxygen atoms in total. The van der Waals surface area contributed by atoms with Gasteiger partial charge in [-0.2, -0.15) is 0 Å². The van der Waals surface area contributed by atoms with Crippen molar-refractivity contribution in [2.24, 2.45) is 0 Å². The van der Waals surface area contributed by atoms with Gasteiger partial charge in [-0.15, -0.1) is 0 Å². The van der Waals surface area contributed by atoms with Crippen LogP contribution in [0.3, 0.4) is 0 Å². The van der Waals surface area contributed by atoms with Crippen LogP contribution < -0.4 is 0 Å². The molecule has 0 saturated heterocycles. The predicted octanol–water partition coefficient (Wildman–Crippen LogP) is 5.17. The summed E-state index contributed by atoms with van der Waals surface area (Å²) in [6.45, 7) is 9.17. The maximum Gasteiger partial charge on any atom is 0.158 e. The van der Waals surface area contributed by atoms with E-state index in [2.05, 4.69) is 0 Å². The molecule has 0 spiro atoms. The van der Waals surface area contributed by atoms with Crippen molar-refractivity contribution in [3.8, 4) is 34.5 Å². The zero-order valence-corrected chi connectivity index (χ0v) is 20.9. The first-order chi connectivity index (χ1) is 16.6. The molecule has 0 bridgehead atoms. The summed E-state index contributed by atoms with van der Waals surface area (Å²) in [4.78, 5) is 28.3. The van der Waals surface area contributed by atoms with Gasteiger partial charge in [0.25, 0.3) is 0 Å². The molecule has 0 saturated carbocycles. The van der Waals surface area contributed by atoms with Gasteiger partial charge in [0, 0.05) is 0 Å². The largest absolute Gasteiger partial charge is 0.504 e. The first-order valence-corrected chi connectivity index (χ1v) is 10.7. The minimum atomic E-state index is -0.335. The van der Waals surface area contributed by atoms with Gasteiger partial charge in [-0.25, -0.2) is 0 Å². The molecule has 4 aromatic carbocycles. The first-order valence-electron chi connectivity index (χ1n) is 10.7. The van der Waals surface area contributed by atoms with Crippen molar-refractivity contribution in [2.45, 2.75) is 41.5 Å². The van der Waals surface area contributed by atoms with Crippen molar-refractivity contribution in [3.05, 3.63) is 36.4 Å². The molecule has 4 rings (SSSR count). The van der Waals surface area contributed by atoms with E-state index >= 15 is 0 Å². The second-order valence-electron chi connectivity index (χ2n) is 8.38. The number of phenolic OH excluding ortho intramolecular Hbond substituents is 6. The van der Waals surface area contributed by atoms with E-state index in [-0.39, 0.29) is 51.8 Å². The molecule has 0 aromatic heterocycles. The fourth-order valence-corrected chi connectivity index (χ4v) is 3.07. The molecule has 0 aliphatic heterocycles. The molecule has 0 radical (unpaired) electrons. The number of rotatable bonds is 0. The number of hydrogen-bond donors (Lipinski definition) is 6. The van der Waals surface area contributed by atoms with E-state index in [0.717, 1.165) is 0 Å². The topological polar surface area (TPSA) is 173 Å². The lowest BCUT2D eigenvalue weighted by Crippen LogP contribution is -1.85. The third kappa shape index (κ3) is 7.76. The molecule has 192 valence electrons. The Balaban J connectivity index is 0.000000456. The standard InChI is InChI=1S/C18H12O6.3C3H6O/c19-13-1-7-8(2-14(13)20)10-4-17(23)18(24)6-12(10)11-5-16(22)15(21)3-9(7)11;3*1-3(2)4/h1-6,19-24H;3*1-2H3. The predicted molar refractivity (Wildman–Crippen MR) is 138 cm³/mol. The van der Waals surface area contributed by atoms with Crippen molar-refractivity contribution in [2.75, 3.05) is 0 Å². The molecule has 0 aliphatic carbocycles. The Morgan fingerprint density at radius 2 is 0.444 bits per heavy atom. The van der Waals surface area contributed by atoms with Crippen LogP contribution in [0, 0.1) is 0 Å². The van der Waals surface area contributed by atoms with E-state index < -0.39 is 0 Å². The van der Waals surface area contributed by atoms with Crippen LogP contribution in [-0.4, -0.2) is 48.0 Å². The van der Waals surface area contributed by atoms with E-state index in [9.17, 15) is 45.0 Å². The monoisotopic (exact) mass is 498 g/mol. The molecule has 0 heterocycles. The fraction of sp³-hybridized carbons (Fsp3) is 0.222. The van der Waals surface area contributed by atoms with Gasteiger partial charge in [0.2, 0.25) is 0 Å². The maximum atomic E-state index is 9.82. The summed E-state index contributed by atoms with van der Waals surface area (Å²) in [5.41, 5.74) is 0. The lowest BCUT2D eigenvalue weighted by Gasteiger charge is -2.13. The minimum absolute atomic E-state index is 0.167. The molecule has 6 N–H and O–H groups in total. The van der Waals surface area contributed by atoms with Gasteiger partial charge in [-0.3, -0.25) is 0 Å². The molecule has 4 aromatic rings. The zero-order chi connectivity index (χ0) is 27.9. The number of phenols is 6. The van der Waals surface area contributed by atoms with Crippen LogP contribution in [0.25, 0.3) is 32.3 Å². The SMILES string of the molecule is CC(C)=O.CC(C)=O.CC(C)=O.Oc1cc2c3cc(O)c(O)cc3c3cc(O)c(O)cc3c2cc1O. The van der Waals surface area contributed by atoms with E-state index in [4.69, 9.17) is 0 Å². The number of benzene rings is 4. The molecular formula is C27H30O9. The highest BCUT2D eigenvalue weighted by Crippen LogP contribution is 2.45. The average Bonchev–Trinajstić information content (AvgIpc) is 2.71. The maximum absolute atomic E-state index is 9.82. The van der Waals surface area contributed by atoms with Crippen molar-refractivity contribution >= 4 is 49.7 Å². The smallest absolute Gasteiger partial charge is 0.158 e. The number of fused-ring (bicyclic) bond motifs is 6. The van der Waals surface area contributed by atoms with Gasteiger partial charge in [-0.05, 0) is 110 Å². The summed E-state index contributed by atoms with van der Waals surface area (Å²) >= 11 is 0. The Morgan fingerprint density at radius 1 is 0.361 bits per heavy atom. The lowest BCUT2D eigenvalue weighted by molar-refractivity contribution is -0.115. The summed E-state index contributed by atoms with van der Waals surface area (Å²) in [5.74, 6) is -1.51. The van der Waals surface area contributed by atoms with Crippen LogP contribution >= 0.6 is 0 Å². The number of carbonyl (C=O) groups is 3. The van der Waals surface area contributed by atoms with E-state index in [1.165, 1.54) is 77.9 Å². The van der Waals surface area contributed by atoms with E-state index in [0.29, 0.717) is 32.3 Å². The third-order valence-electron chi connectivity index (χ3n) is 4.21. The Bertz CT molecular complexity index is 1150. The summed E-state index contributed by atoms with van der Waals surface area (Å²) in [6, 6.07) is 8.04. The normalized spacial score (nSPS) is 9.83. The van der Waals surface area contributed by atoms with Crippen LogP contribution in [0.2, 0.25) is 0 Å². The van der Waals surface area contributed by atoms with Gasteiger partial charge in [0.1, 0.15) is 17.3 Å². The van der Waals surface area contributed by atoms with Crippen LogP contribution in [0.1, 0.15) is 41.5 Å². The van der Waals surface area contributed by atoms with Gasteiger partial charge in [0.05, 0.1) is 0 Å². The average molecular weight is 499 g/mol. The van der Waals surface area contributed by atoms with E-state index in [1.54, 1.807) is 0 Å². The Labute approximate surface area is 207 Å². The van der Waals surface area contributed by atoms with Gasteiger partial charge in [0.15, 0.2) is 34.5 Å². The van der Waals surface area contributed by atoms with E-state index in [1.807, 2.05) is 0 Å². The van der Waals surface area contributed by atoms with Crippen LogP contribution in [0.5, 0.6) is 34.5 Å². The number of carbonyl (C=O) groups excluding carboxylic acids is 3. The lowest BCUT2D eigenvalue weighted by atomic mass is 9.93. The number of Topliss-reactive ketones (excluding diaryl/α,β-unsaturated/α-hetero) is 3. The Morgan fingerprint density at radius 3 is 0.528 bits per heavy atom. The second kappa shape index (κ2) is 12.3. The fourth-order valence-electron chi connectivity index (χ4n) is 3.07. The van der Waals surface area contributed by atoms with Gasteiger partial charge >= 0.3 is 0 Å². The zero-order valence-electron chi connectivity index (χ0n) is 20.9. The Kier molecular flexibility index (Phi) is 10.0. The molecule has 36 heavy (non-hydrogen) atoms. The van der Waals surface area contributed by atoms with Crippen molar-refractivity contribution in [1.82, 2.24) is 0 Å². The highest BCUT2D eigenvalue weighted by atomic mass is 16.3. The molecular weight excluding hydrogens is 468 g/mol. The number of hydrogen-bond acceptors (Lipinski definition) is 9. The quantitative estimate of drug-likeness (QED) is 0.141. The number of ketones is 3. The van der Waals surface area contributed by atoms with Gasteiger partial charge in [-0.1, -0.05) is 0 Å². The minimum Gasteiger partial charge on any atom is -0.504 e.